The second-order valence-corrected chi connectivity index (χ2v) is 5.55. The van der Waals surface area contributed by atoms with Gasteiger partial charge in [0.2, 0.25) is 5.76 Å². The minimum absolute atomic E-state index is 0.0208. The fourth-order valence-corrected chi connectivity index (χ4v) is 2.25. The number of ether oxygens (including phenoxy) is 2. The van der Waals surface area contributed by atoms with E-state index in [-0.39, 0.29) is 22.8 Å². The molecular formula is C19H12N4O6. The van der Waals surface area contributed by atoms with Crippen molar-refractivity contribution in [2.75, 3.05) is 0 Å². The van der Waals surface area contributed by atoms with Crippen molar-refractivity contribution in [2.45, 2.75) is 0 Å². The molecule has 0 N–H and O–H groups in total. The van der Waals surface area contributed by atoms with Gasteiger partial charge in [-0.15, -0.1) is 10.2 Å². The van der Waals surface area contributed by atoms with E-state index in [1.54, 1.807) is 12.1 Å². The first-order chi connectivity index (χ1) is 14.2. The predicted octanol–water partition coefficient (Wildman–Crippen LogP) is 2.78. The van der Waals surface area contributed by atoms with Crippen molar-refractivity contribution in [2.24, 2.45) is 5.10 Å². The average Bonchev–Trinajstić information content (AvgIpc) is 3.51. The number of aromatic nitrogens is 3. The minimum atomic E-state index is -0.716. The van der Waals surface area contributed by atoms with E-state index in [4.69, 9.17) is 18.3 Å². The number of furan rings is 2. The molecule has 1 aromatic carbocycles. The van der Waals surface area contributed by atoms with Crippen molar-refractivity contribution in [1.29, 1.82) is 0 Å². The van der Waals surface area contributed by atoms with Crippen molar-refractivity contribution >= 4 is 18.2 Å². The lowest BCUT2D eigenvalue weighted by Crippen LogP contribution is -2.10. The lowest BCUT2D eigenvalue weighted by molar-refractivity contribution is 0.0701. The van der Waals surface area contributed by atoms with E-state index in [1.165, 1.54) is 66.6 Å². The molecule has 3 heterocycles. The van der Waals surface area contributed by atoms with Gasteiger partial charge in [-0.3, -0.25) is 0 Å². The van der Waals surface area contributed by atoms with Gasteiger partial charge in [-0.2, -0.15) is 5.10 Å². The highest BCUT2D eigenvalue weighted by atomic mass is 16.6. The zero-order valence-electron chi connectivity index (χ0n) is 14.7. The Kier molecular flexibility index (Phi) is 4.97. The van der Waals surface area contributed by atoms with Crippen LogP contribution < -0.4 is 9.47 Å². The third-order valence-corrected chi connectivity index (χ3v) is 3.61. The van der Waals surface area contributed by atoms with Gasteiger partial charge in [0.05, 0.1) is 24.3 Å². The molecular weight excluding hydrogens is 380 g/mol. The van der Waals surface area contributed by atoms with Crippen LogP contribution in [-0.2, 0) is 0 Å². The Bertz CT molecular complexity index is 1130. The summed E-state index contributed by atoms with van der Waals surface area (Å²) >= 11 is 0. The van der Waals surface area contributed by atoms with Crippen LogP contribution in [0.1, 0.15) is 26.5 Å². The molecule has 29 heavy (non-hydrogen) atoms. The first kappa shape index (κ1) is 17.9. The summed E-state index contributed by atoms with van der Waals surface area (Å²) in [7, 11) is 0. The molecule has 4 aromatic rings. The first-order valence-corrected chi connectivity index (χ1v) is 8.22. The molecule has 144 valence electrons. The van der Waals surface area contributed by atoms with Crippen LogP contribution in [0.3, 0.4) is 0 Å². The van der Waals surface area contributed by atoms with Gasteiger partial charge in [0, 0.05) is 11.6 Å². The molecule has 10 heteroatoms. The van der Waals surface area contributed by atoms with E-state index in [9.17, 15) is 9.59 Å². The molecule has 0 spiro atoms. The Balaban J connectivity index is 1.61. The fraction of sp³-hybridized carbons (Fsp3) is 0. The molecule has 0 saturated heterocycles. The third-order valence-electron chi connectivity index (χ3n) is 3.61. The summed E-state index contributed by atoms with van der Waals surface area (Å²) in [5.41, 5.74) is 0.694. The third kappa shape index (κ3) is 4.27. The SMILES string of the molecule is O=C(Oc1ccc(/C=N\n2cnnc2)c(OC(=O)c2ccco2)c1)c1ccoc1. The van der Waals surface area contributed by atoms with E-state index in [2.05, 4.69) is 15.3 Å². The van der Waals surface area contributed by atoms with Crippen LogP contribution in [0, 0.1) is 0 Å². The van der Waals surface area contributed by atoms with Crippen LogP contribution in [-0.4, -0.2) is 33.0 Å². The summed E-state index contributed by atoms with van der Waals surface area (Å²) in [6, 6.07) is 9.02. The molecule has 0 bridgehead atoms. The maximum Gasteiger partial charge on any atom is 0.379 e. The average molecular weight is 392 g/mol. The summed E-state index contributed by atoms with van der Waals surface area (Å²) in [6.07, 6.45) is 8.21. The lowest BCUT2D eigenvalue weighted by atomic mass is 10.2. The molecule has 4 rings (SSSR count). The maximum absolute atomic E-state index is 12.3. The van der Waals surface area contributed by atoms with Gasteiger partial charge in [-0.05, 0) is 30.3 Å². The minimum Gasteiger partial charge on any atom is -0.472 e. The van der Waals surface area contributed by atoms with Crippen LogP contribution in [0.15, 0.2) is 81.8 Å². The Morgan fingerprint density at radius 3 is 2.62 bits per heavy atom. The monoisotopic (exact) mass is 392 g/mol. The van der Waals surface area contributed by atoms with Crippen molar-refractivity contribution in [3.05, 3.63) is 84.7 Å². The first-order valence-electron chi connectivity index (χ1n) is 8.22. The lowest BCUT2D eigenvalue weighted by Gasteiger charge is -2.09. The number of benzene rings is 1. The molecule has 0 aliphatic heterocycles. The number of carbonyl (C=O) groups excluding carboxylic acids is 2. The Morgan fingerprint density at radius 2 is 1.90 bits per heavy atom. The van der Waals surface area contributed by atoms with Gasteiger partial charge < -0.3 is 18.3 Å². The highest BCUT2D eigenvalue weighted by Crippen LogP contribution is 2.26. The zero-order valence-corrected chi connectivity index (χ0v) is 14.7. The van der Waals surface area contributed by atoms with E-state index >= 15 is 0 Å². The number of hydrogen-bond acceptors (Lipinski definition) is 9. The van der Waals surface area contributed by atoms with Gasteiger partial charge in [0.15, 0.2) is 0 Å². The number of rotatable bonds is 6. The summed E-state index contributed by atoms with van der Waals surface area (Å²) in [5, 5.41) is 11.4. The van der Waals surface area contributed by atoms with Crippen LogP contribution in [0.4, 0.5) is 0 Å². The largest absolute Gasteiger partial charge is 0.472 e. The molecule has 0 aliphatic rings. The second-order valence-electron chi connectivity index (χ2n) is 5.55. The number of nitrogens with zero attached hydrogens (tertiary/aromatic N) is 4. The van der Waals surface area contributed by atoms with Crippen LogP contribution in [0.2, 0.25) is 0 Å². The van der Waals surface area contributed by atoms with Crippen molar-refractivity contribution in [3.8, 4) is 11.5 Å². The second kappa shape index (κ2) is 8.05. The molecule has 0 unspecified atom stereocenters. The van der Waals surface area contributed by atoms with Crippen molar-refractivity contribution in [3.63, 3.8) is 0 Å². The highest BCUT2D eigenvalue weighted by molar-refractivity contribution is 5.92. The molecule has 10 nitrogen and oxygen atoms in total. The Morgan fingerprint density at radius 1 is 1.03 bits per heavy atom. The summed E-state index contributed by atoms with van der Waals surface area (Å²) < 4.78 is 22.0. The van der Waals surface area contributed by atoms with E-state index in [0.717, 1.165) is 0 Å². The van der Waals surface area contributed by atoms with Gasteiger partial charge in [0.1, 0.15) is 30.4 Å². The fourth-order valence-electron chi connectivity index (χ4n) is 2.25. The van der Waals surface area contributed by atoms with E-state index in [1.807, 2.05) is 0 Å². The standard InChI is InChI=1S/C19H12N4O6/c24-18(14-5-7-26-10-14)28-15-4-3-13(9-22-23-11-20-21-12-23)17(8-15)29-19(25)16-2-1-6-27-16/h1-12H/b22-9-. The highest BCUT2D eigenvalue weighted by Gasteiger charge is 2.16. The molecule has 3 aromatic heterocycles. The summed E-state index contributed by atoms with van der Waals surface area (Å²) in [5.74, 6) is -1.03. The van der Waals surface area contributed by atoms with Crippen LogP contribution >= 0.6 is 0 Å². The number of esters is 2. The van der Waals surface area contributed by atoms with Gasteiger partial charge >= 0.3 is 11.9 Å². The predicted molar refractivity (Wildman–Crippen MR) is 96.8 cm³/mol. The van der Waals surface area contributed by atoms with Crippen molar-refractivity contribution in [1.82, 2.24) is 14.9 Å². The summed E-state index contributed by atoms with van der Waals surface area (Å²) in [6.45, 7) is 0. The smallest absolute Gasteiger partial charge is 0.379 e. The quantitative estimate of drug-likeness (QED) is 0.279. The number of hydrogen-bond donors (Lipinski definition) is 0. The normalized spacial score (nSPS) is 10.9. The van der Waals surface area contributed by atoms with Gasteiger partial charge in [0.25, 0.3) is 0 Å². The van der Waals surface area contributed by atoms with Crippen molar-refractivity contribution < 1.29 is 27.9 Å². The summed E-state index contributed by atoms with van der Waals surface area (Å²) in [4.78, 5) is 24.4. The molecule has 0 saturated carbocycles. The number of carbonyl (C=O) groups is 2. The van der Waals surface area contributed by atoms with Crippen LogP contribution in [0.25, 0.3) is 0 Å². The van der Waals surface area contributed by atoms with Gasteiger partial charge in [-0.1, -0.05) is 0 Å². The topological polar surface area (TPSA) is 122 Å². The zero-order chi connectivity index (χ0) is 20.1. The van der Waals surface area contributed by atoms with Crippen LogP contribution in [0.5, 0.6) is 11.5 Å². The molecule has 0 radical (unpaired) electrons. The van der Waals surface area contributed by atoms with Gasteiger partial charge in [-0.25, -0.2) is 14.3 Å². The molecule has 0 aliphatic carbocycles. The Hall–Kier alpha value is -4.47. The maximum atomic E-state index is 12.3. The van der Waals surface area contributed by atoms with E-state index in [0.29, 0.717) is 5.56 Å². The van der Waals surface area contributed by atoms with E-state index < -0.39 is 11.9 Å². The molecule has 0 atom stereocenters. The molecule has 0 amide bonds. The molecule has 0 fully saturated rings. The Labute approximate surface area is 163 Å².